The second-order valence-corrected chi connectivity index (χ2v) is 4.07. The van der Waals surface area contributed by atoms with Crippen molar-refractivity contribution in [2.45, 2.75) is 19.8 Å². The molecular weight excluding hydrogens is 238 g/mol. The maximum atomic E-state index is 5.84. The number of nitrogens with one attached hydrogen (secondary N) is 1. The van der Waals surface area contributed by atoms with Crippen molar-refractivity contribution in [3.63, 3.8) is 0 Å². The SMILES string of the molecule is CCCc1nc(NC)cc(-n2cc(Cl)cn2)n1. The third-order valence-electron chi connectivity index (χ3n) is 2.27. The van der Waals surface area contributed by atoms with Gasteiger partial charge < -0.3 is 5.32 Å². The van der Waals surface area contributed by atoms with E-state index in [0.29, 0.717) is 5.02 Å². The molecule has 6 heteroatoms. The molecule has 17 heavy (non-hydrogen) atoms. The van der Waals surface area contributed by atoms with E-state index in [4.69, 9.17) is 11.6 Å². The molecule has 0 amide bonds. The lowest BCUT2D eigenvalue weighted by atomic mass is 10.3. The molecule has 0 aromatic carbocycles. The molecule has 2 aromatic rings. The summed E-state index contributed by atoms with van der Waals surface area (Å²) in [7, 11) is 1.83. The maximum absolute atomic E-state index is 5.84. The number of hydrogen-bond donors (Lipinski definition) is 1. The lowest BCUT2D eigenvalue weighted by molar-refractivity contribution is 0.786. The Kier molecular flexibility index (Phi) is 3.58. The van der Waals surface area contributed by atoms with E-state index in [1.165, 1.54) is 0 Å². The summed E-state index contributed by atoms with van der Waals surface area (Å²) in [6.07, 6.45) is 5.16. The van der Waals surface area contributed by atoms with Crippen LogP contribution in [0.4, 0.5) is 5.82 Å². The van der Waals surface area contributed by atoms with Gasteiger partial charge in [-0.3, -0.25) is 0 Å². The first-order valence-corrected chi connectivity index (χ1v) is 5.87. The van der Waals surface area contributed by atoms with Crippen LogP contribution in [0.3, 0.4) is 0 Å². The largest absolute Gasteiger partial charge is 0.373 e. The fraction of sp³-hybridized carbons (Fsp3) is 0.364. The zero-order valence-corrected chi connectivity index (χ0v) is 10.6. The Balaban J connectivity index is 2.42. The van der Waals surface area contributed by atoms with Crippen LogP contribution in [0.5, 0.6) is 0 Å². The van der Waals surface area contributed by atoms with Gasteiger partial charge in [0.25, 0.3) is 0 Å². The molecule has 0 saturated carbocycles. The van der Waals surface area contributed by atoms with Gasteiger partial charge in [-0.1, -0.05) is 18.5 Å². The van der Waals surface area contributed by atoms with Crippen LogP contribution in [0, 0.1) is 0 Å². The Labute approximate surface area is 105 Å². The summed E-state index contributed by atoms with van der Waals surface area (Å²) >= 11 is 5.84. The van der Waals surface area contributed by atoms with Gasteiger partial charge in [0.05, 0.1) is 17.4 Å². The smallest absolute Gasteiger partial charge is 0.159 e. The average molecular weight is 252 g/mol. The van der Waals surface area contributed by atoms with Gasteiger partial charge >= 0.3 is 0 Å². The lowest BCUT2D eigenvalue weighted by Gasteiger charge is -2.06. The molecule has 2 aromatic heterocycles. The van der Waals surface area contributed by atoms with Crippen LogP contribution in [0.25, 0.3) is 5.82 Å². The third-order valence-corrected chi connectivity index (χ3v) is 2.47. The Morgan fingerprint density at radius 1 is 1.41 bits per heavy atom. The normalized spacial score (nSPS) is 10.5. The summed E-state index contributed by atoms with van der Waals surface area (Å²) in [5, 5.41) is 7.74. The predicted octanol–water partition coefficient (Wildman–Crippen LogP) is 2.31. The summed E-state index contributed by atoms with van der Waals surface area (Å²) < 4.78 is 1.64. The highest BCUT2D eigenvalue weighted by molar-refractivity contribution is 6.30. The van der Waals surface area contributed by atoms with Crippen LogP contribution >= 0.6 is 11.6 Å². The fourth-order valence-corrected chi connectivity index (χ4v) is 1.63. The Bertz CT molecular complexity index is 508. The number of aromatic nitrogens is 4. The van der Waals surface area contributed by atoms with Crippen molar-refractivity contribution in [1.82, 2.24) is 19.7 Å². The molecule has 0 aliphatic rings. The predicted molar refractivity (Wildman–Crippen MR) is 67.7 cm³/mol. The minimum atomic E-state index is 0.590. The van der Waals surface area contributed by atoms with Crippen LogP contribution in [0.15, 0.2) is 18.5 Å². The number of anilines is 1. The topological polar surface area (TPSA) is 55.6 Å². The highest BCUT2D eigenvalue weighted by atomic mass is 35.5. The van der Waals surface area contributed by atoms with E-state index < -0.39 is 0 Å². The summed E-state index contributed by atoms with van der Waals surface area (Å²) in [4.78, 5) is 8.82. The van der Waals surface area contributed by atoms with E-state index in [1.807, 2.05) is 13.1 Å². The third kappa shape index (κ3) is 2.74. The number of nitrogens with zero attached hydrogens (tertiary/aromatic N) is 4. The van der Waals surface area contributed by atoms with Crippen molar-refractivity contribution >= 4 is 17.4 Å². The summed E-state index contributed by atoms with van der Waals surface area (Å²) in [6, 6.07) is 1.84. The number of aryl methyl sites for hydroxylation is 1. The molecule has 0 spiro atoms. The molecule has 2 heterocycles. The standard InChI is InChI=1S/C11H14ClN5/c1-3-4-9-15-10(13-2)5-11(16-9)17-7-8(12)6-14-17/h5-7H,3-4H2,1-2H3,(H,13,15,16). The van der Waals surface area contributed by atoms with Gasteiger partial charge in [0.2, 0.25) is 0 Å². The highest BCUT2D eigenvalue weighted by Crippen LogP contribution is 2.14. The van der Waals surface area contributed by atoms with Crippen LogP contribution in [0.2, 0.25) is 5.02 Å². The second kappa shape index (κ2) is 5.14. The van der Waals surface area contributed by atoms with Gasteiger partial charge in [-0.05, 0) is 6.42 Å². The van der Waals surface area contributed by atoms with Crippen molar-refractivity contribution < 1.29 is 0 Å². The van der Waals surface area contributed by atoms with Gasteiger partial charge in [0.15, 0.2) is 5.82 Å². The van der Waals surface area contributed by atoms with Crippen molar-refractivity contribution in [2.75, 3.05) is 12.4 Å². The van der Waals surface area contributed by atoms with E-state index in [1.54, 1.807) is 17.1 Å². The highest BCUT2D eigenvalue weighted by Gasteiger charge is 2.06. The summed E-state index contributed by atoms with van der Waals surface area (Å²) in [5.74, 6) is 2.31. The molecule has 0 aliphatic carbocycles. The van der Waals surface area contributed by atoms with E-state index in [-0.39, 0.29) is 0 Å². The van der Waals surface area contributed by atoms with Crippen LogP contribution in [-0.4, -0.2) is 26.8 Å². The minimum absolute atomic E-state index is 0.590. The van der Waals surface area contributed by atoms with E-state index in [0.717, 1.165) is 30.3 Å². The van der Waals surface area contributed by atoms with E-state index in [9.17, 15) is 0 Å². The monoisotopic (exact) mass is 251 g/mol. The number of rotatable bonds is 4. The van der Waals surface area contributed by atoms with Crippen molar-refractivity contribution in [3.8, 4) is 5.82 Å². The Hall–Kier alpha value is -1.62. The molecule has 0 fully saturated rings. The molecule has 0 saturated heterocycles. The molecular formula is C11H14ClN5. The second-order valence-electron chi connectivity index (χ2n) is 3.63. The van der Waals surface area contributed by atoms with Crippen LogP contribution in [-0.2, 0) is 6.42 Å². The van der Waals surface area contributed by atoms with Crippen molar-refractivity contribution in [1.29, 1.82) is 0 Å². The van der Waals surface area contributed by atoms with Gasteiger partial charge in [-0.2, -0.15) is 5.10 Å². The zero-order valence-electron chi connectivity index (χ0n) is 9.81. The molecule has 0 unspecified atom stereocenters. The van der Waals surface area contributed by atoms with Gasteiger partial charge in [0, 0.05) is 19.5 Å². The van der Waals surface area contributed by atoms with Crippen LogP contribution < -0.4 is 5.32 Å². The fourth-order valence-electron chi connectivity index (χ4n) is 1.49. The maximum Gasteiger partial charge on any atom is 0.159 e. The molecule has 2 rings (SSSR count). The van der Waals surface area contributed by atoms with Gasteiger partial charge in [0.1, 0.15) is 11.6 Å². The quantitative estimate of drug-likeness (QED) is 0.906. The van der Waals surface area contributed by atoms with E-state index >= 15 is 0 Å². The minimum Gasteiger partial charge on any atom is -0.373 e. The van der Waals surface area contributed by atoms with Crippen molar-refractivity contribution in [3.05, 3.63) is 29.3 Å². The molecule has 5 nitrogen and oxygen atoms in total. The summed E-state index contributed by atoms with van der Waals surface area (Å²) in [6.45, 7) is 2.10. The lowest BCUT2D eigenvalue weighted by Crippen LogP contribution is -2.06. The Morgan fingerprint density at radius 3 is 2.82 bits per heavy atom. The molecule has 1 N–H and O–H groups in total. The molecule has 90 valence electrons. The first-order chi connectivity index (χ1) is 8.22. The molecule has 0 radical (unpaired) electrons. The molecule has 0 aliphatic heterocycles. The Morgan fingerprint density at radius 2 is 2.24 bits per heavy atom. The zero-order chi connectivity index (χ0) is 12.3. The first kappa shape index (κ1) is 11.9. The molecule has 0 atom stereocenters. The molecule has 0 bridgehead atoms. The van der Waals surface area contributed by atoms with Gasteiger partial charge in [-0.15, -0.1) is 0 Å². The average Bonchev–Trinajstić information content (AvgIpc) is 2.76. The number of hydrogen-bond acceptors (Lipinski definition) is 4. The first-order valence-electron chi connectivity index (χ1n) is 5.49. The number of halogens is 1. The van der Waals surface area contributed by atoms with E-state index in [2.05, 4.69) is 27.3 Å². The van der Waals surface area contributed by atoms with Crippen LogP contribution in [0.1, 0.15) is 19.2 Å². The summed E-state index contributed by atoms with van der Waals surface area (Å²) in [5.41, 5.74) is 0. The van der Waals surface area contributed by atoms with Gasteiger partial charge in [-0.25, -0.2) is 14.6 Å². The van der Waals surface area contributed by atoms with Crippen molar-refractivity contribution in [2.24, 2.45) is 0 Å².